The van der Waals surface area contributed by atoms with Crippen LogP contribution >= 0.6 is 0 Å². The maximum absolute atomic E-state index is 12.1. The predicted octanol–water partition coefficient (Wildman–Crippen LogP) is 2.87. The van der Waals surface area contributed by atoms with Gasteiger partial charge in [-0.2, -0.15) is 0 Å². The summed E-state index contributed by atoms with van der Waals surface area (Å²) < 4.78 is 0. The number of anilines is 1. The number of carbonyl (C=O) groups is 2. The first-order chi connectivity index (χ1) is 8.66. The Morgan fingerprint density at radius 2 is 1.94 bits per heavy atom. The average Bonchev–Trinajstić information content (AvgIpc) is 2.84. The van der Waals surface area contributed by atoms with Gasteiger partial charge in [0.2, 0.25) is 5.91 Å². The molecular weight excluding hydrogens is 226 g/mol. The fraction of sp³-hybridized carbons (Fsp3) is 0.467. The normalized spacial score (nSPS) is 28.6. The van der Waals surface area contributed by atoms with Crippen molar-refractivity contribution in [2.75, 3.05) is 5.32 Å². The van der Waals surface area contributed by atoms with Gasteiger partial charge in [-0.15, -0.1) is 0 Å². The number of fused-ring (bicyclic) bond motifs is 1. The number of hydrogen-bond donors (Lipinski definition) is 1. The molecule has 0 aliphatic heterocycles. The summed E-state index contributed by atoms with van der Waals surface area (Å²) in [5.41, 5.74) is 1.38. The van der Waals surface area contributed by atoms with E-state index < -0.39 is 0 Å². The molecule has 1 amide bonds. The lowest BCUT2D eigenvalue weighted by Gasteiger charge is -2.07. The maximum Gasteiger partial charge on any atom is 0.228 e. The van der Waals surface area contributed by atoms with Crippen molar-refractivity contribution in [1.29, 1.82) is 0 Å². The van der Waals surface area contributed by atoms with E-state index in [1.54, 1.807) is 18.2 Å². The van der Waals surface area contributed by atoms with Gasteiger partial charge >= 0.3 is 0 Å². The third-order valence-corrected chi connectivity index (χ3v) is 4.25. The first-order valence-corrected chi connectivity index (χ1v) is 6.58. The van der Waals surface area contributed by atoms with Crippen molar-refractivity contribution in [3.05, 3.63) is 29.8 Å². The van der Waals surface area contributed by atoms with Crippen molar-refractivity contribution in [2.45, 2.75) is 26.2 Å². The van der Waals surface area contributed by atoms with Crippen LogP contribution in [0, 0.1) is 17.8 Å². The van der Waals surface area contributed by atoms with Crippen molar-refractivity contribution in [1.82, 2.24) is 0 Å². The van der Waals surface area contributed by atoms with Gasteiger partial charge < -0.3 is 5.32 Å². The highest BCUT2D eigenvalue weighted by atomic mass is 16.2. The summed E-state index contributed by atoms with van der Waals surface area (Å²) in [5.74, 6) is 1.63. The molecule has 0 spiro atoms. The van der Waals surface area contributed by atoms with Crippen LogP contribution < -0.4 is 5.32 Å². The van der Waals surface area contributed by atoms with Crippen LogP contribution in [0.3, 0.4) is 0 Å². The van der Waals surface area contributed by atoms with E-state index in [9.17, 15) is 9.59 Å². The van der Waals surface area contributed by atoms with E-state index in [1.165, 1.54) is 26.2 Å². The third kappa shape index (κ3) is 1.94. The zero-order valence-corrected chi connectivity index (χ0v) is 10.5. The summed E-state index contributed by atoms with van der Waals surface area (Å²) in [6, 6.07) is 7.16. The summed E-state index contributed by atoms with van der Waals surface area (Å²) in [5, 5.41) is 2.94. The van der Waals surface area contributed by atoms with Gasteiger partial charge in [0.1, 0.15) is 0 Å². The zero-order chi connectivity index (χ0) is 12.7. The number of rotatable bonds is 3. The Balaban J connectivity index is 1.67. The fourth-order valence-corrected chi connectivity index (χ4v) is 3.25. The fourth-order valence-electron chi connectivity index (χ4n) is 3.25. The molecule has 94 valence electrons. The number of Topliss-reactive ketones (excluding diaryl/α,β-unsaturated/α-hetero) is 1. The second-order valence-electron chi connectivity index (χ2n) is 5.41. The number of ketones is 1. The van der Waals surface area contributed by atoms with Crippen molar-refractivity contribution < 1.29 is 9.59 Å². The number of carbonyl (C=O) groups excluding carboxylic acids is 2. The molecule has 0 heterocycles. The molecule has 3 nitrogen and oxygen atoms in total. The minimum Gasteiger partial charge on any atom is -0.326 e. The van der Waals surface area contributed by atoms with Gasteiger partial charge in [-0.3, -0.25) is 9.59 Å². The lowest BCUT2D eigenvalue weighted by Crippen LogP contribution is -2.16. The van der Waals surface area contributed by atoms with Crippen LogP contribution in [0.4, 0.5) is 5.69 Å². The molecule has 2 saturated carbocycles. The van der Waals surface area contributed by atoms with Gasteiger partial charge in [0.15, 0.2) is 5.78 Å². The molecule has 1 N–H and O–H groups in total. The summed E-state index contributed by atoms with van der Waals surface area (Å²) in [7, 11) is 0. The molecule has 0 aromatic heterocycles. The highest BCUT2D eigenvalue weighted by Crippen LogP contribution is 2.57. The summed E-state index contributed by atoms with van der Waals surface area (Å²) in [6.07, 6.45) is 3.69. The first-order valence-electron chi connectivity index (χ1n) is 6.58. The number of hydrogen-bond acceptors (Lipinski definition) is 2. The van der Waals surface area contributed by atoms with E-state index >= 15 is 0 Å². The van der Waals surface area contributed by atoms with Gasteiger partial charge in [-0.25, -0.2) is 0 Å². The van der Waals surface area contributed by atoms with E-state index in [4.69, 9.17) is 0 Å². The molecule has 2 aliphatic rings. The number of amides is 1. The van der Waals surface area contributed by atoms with Gasteiger partial charge in [-0.1, -0.05) is 18.6 Å². The van der Waals surface area contributed by atoms with Crippen LogP contribution in [0.1, 0.15) is 36.5 Å². The molecule has 3 rings (SSSR count). The van der Waals surface area contributed by atoms with Crippen molar-refractivity contribution in [3.8, 4) is 0 Å². The standard InChI is InChI=1S/C15H17NO2/c1-9(17)10-4-2-5-11(8-10)16-15(18)14-12-6-3-7-13(12)14/h2,4-5,8,12-14H,3,6-7H2,1H3,(H,16,18). The molecule has 0 radical (unpaired) electrons. The average molecular weight is 243 g/mol. The maximum atomic E-state index is 12.1. The van der Waals surface area contributed by atoms with Crippen LogP contribution in [-0.2, 0) is 4.79 Å². The first kappa shape index (κ1) is 11.5. The van der Waals surface area contributed by atoms with Crippen LogP contribution in [0.25, 0.3) is 0 Å². The van der Waals surface area contributed by atoms with Crippen molar-refractivity contribution in [2.24, 2.45) is 17.8 Å². The monoisotopic (exact) mass is 243 g/mol. The second kappa shape index (κ2) is 4.23. The summed E-state index contributed by atoms with van der Waals surface area (Å²) >= 11 is 0. The van der Waals surface area contributed by atoms with E-state index in [-0.39, 0.29) is 17.6 Å². The Morgan fingerprint density at radius 3 is 2.61 bits per heavy atom. The molecule has 2 fully saturated rings. The van der Waals surface area contributed by atoms with Gasteiger partial charge in [0.25, 0.3) is 0 Å². The Kier molecular flexibility index (Phi) is 2.69. The molecule has 2 atom stereocenters. The topological polar surface area (TPSA) is 46.2 Å². The van der Waals surface area contributed by atoms with E-state index in [0.29, 0.717) is 17.4 Å². The van der Waals surface area contributed by atoms with E-state index in [1.807, 2.05) is 6.07 Å². The smallest absolute Gasteiger partial charge is 0.228 e. The van der Waals surface area contributed by atoms with Crippen LogP contribution in [0.2, 0.25) is 0 Å². The minimum atomic E-state index is 0.0226. The molecular formula is C15H17NO2. The second-order valence-corrected chi connectivity index (χ2v) is 5.41. The minimum absolute atomic E-state index is 0.0226. The lowest BCUT2D eigenvalue weighted by atomic mass is 10.1. The molecule has 18 heavy (non-hydrogen) atoms. The number of benzene rings is 1. The summed E-state index contributed by atoms with van der Waals surface area (Å²) in [6.45, 7) is 1.53. The zero-order valence-electron chi connectivity index (χ0n) is 10.5. The Morgan fingerprint density at radius 1 is 1.22 bits per heavy atom. The van der Waals surface area contributed by atoms with Crippen LogP contribution in [0.15, 0.2) is 24.3 Å². The lowest BCUT2D eigenvalue weighted by molar-refractivity contribution is -0.118. The summed E-state index contributed by atoms with van der Waals surface area (Å²) in [4.78, 5) is 23.3. The Bertz CT molecular complexity index is 499. The van der Waals surface area contributed by atoms with Crippen LogP contribution in [-0.4, -0.2) is 11.7 Å². The van der Waals surface area contributed by atoms with Crippen LogP contribution in [0.5, 0.6) is 0 Å². The molecule has 2 unspecified atom stereocenters. The molecule has 0 saturated heterocycles. The molecule has 1 aromatic carbocycles. The quantitative estimate of drug-likeness (QED) is 0.830. The Hall–Kier alpha value is -1.64. The molecule has 0 bridgehead atoms. The largest absolute Gasteiger partial charge is 0.326 e. The van der Waals surface area contributed by atoms with E-state index in [2.05, 4.69) is 5.32 Å². The molecule has 2 aliphatic carbocycles. The van der Waals surface area contributed by atoms with Crippen molar-refractivity contribution >= 4 is 17.4 Å². The van der Waals surface area contributed by atoms with E-state index in [0.717, 1.165) is 5.69 Å². The SMILES string of the molecule is CC(=O)c1cccc(NC(=O)C2C3CCCC32)c1. The molecule has 3 heteroatoms. The highest BCUT2D eigenvalue weighted by Gasteiger charge is 2.56. The van der Waals surface area contributed by atoms with Gasteiger partial charge in [-0.05, 0) is 43.7 Å². The predicted molar refractivity (Wildman–Crippen MR) is 69.4 cm³/mol. The van der Waals surface area contributed by atoms with Gasteiger partial charge in [0, 0.05) is 17.2 Å². The number of nitrogens with one attached hydrogen (secondary N) is 1. The Labute approximate surface area is 107 Å². The van der Waals surface area contributed by atoms with Gasteiger partial charge in [0.05, 0.1) is 0 Å². The highest BCUT2D eigenvalue weighted by molar-refractivity contribution is 5.98. The third-order valence-electron chi connectivity index (χ3n) is 4.25. The molecule has 1 aromatic rings. The van der Waals surface area contributed by atoms with Crippen molar-refractivity contribution in [3.63, 3.8) is 0 Å².